The van der Waals surface area contributed by atoms with Crippen LogP contribution >= 0.6 is 11.8 Å². The average Bonchev–Trinajstić information content (AvgIpc) is 2.99. The van der Waals surface area contributed by atoms with E-state index in [-0.39, 0.29) is 33.7 Å². The quantitative estimate of drug-likeness (QED) is 0.403. The Kier molecular flexibility index (Phi) is 7.80. The topological polar surface area (TPSA) is 77.7 Å². The summed E-state index contributed by atoms with van der Waals surface area (Å²) in [5.74, 6) is 0. The first-order chi connectivity index (χ1) is 14.8. The summed E-state index contributed by atoms with van der Waals surface area (Å²) in [6.45, 7) is 32.0. The highest BCUT2D eigenvalue weighted by atomic mass is 32.2. The SMILES string of the molecule is [C-]#[N+][C@]1(CO[Si](C)(C)C(C)(C)C)S[C@@H](n2cc(C)c(=O)[nH]c2=O)C[C@@H]1O[Si](C)(C)C(C)(C)C. The maximum atomic E-state index is 12.6. The van der Waals surface area contributed by atoms with E-state index >= 15 is 0 Å². The van der Waals surface area contributed by atoms with E-state index in [1.807, 2.05) is 0 Å². The predicted molar refractivity (Wildman–Crippen MR) is 142 cm³/mol. The lowest BCUT2D eigenvalue weighted by Gasteiger charge is -2.41. The van der Waals surface area contributed by atoms with Crippen LogP contribution in [0, 0.1) is 13.5 Å². The molecule has 0 unspecified atom stereocenters. The van der Waals surface area contributed by atoms with Crippen LogP contribution in [0.2, 0.25) is 36.3 Å². The standard InChI is InChI=1S/C23H41N3O4SSi2/c1-16-14-26(20(28)25-19(16)27)18-13-17(30-33(11,12)22(5,6)7)23(24-8,31-18)15-29-32(9,10)21(2,3)4/h14,17-18H,13,15H2,1-7,9-12H3,(H,25,27,28)/t17-,18+,23+/m0/s1. The van der Waals surface area contributed by atoms with Crippen molar-refractivity contribution in [2.75, 3.05) is 6.61 Å². The van der Waals surface area contributed by atoms with Crippen LogP contribution in [0.3, 0.4) is 0 Å². The van der Waals surface area contributed by atoms with Crippen LogP contribution in [-0.2, 0) is 8.85 Å². The van der Waals surface area contributed by atoms with Crippen LogP contribution in [0.4, 0.5) is 0 Å². The molecule has 1 fully saturated rings. The van der Waals surface area contributed by atoms with E-state index in [9.17, 15) is 9.59 Å². The van der Waals surface area contributed by atoms with Gasteiger partial charge in [0.25, 0.3) is 5.56 Å². The van der Waals surface area contributed by atoms with Crippen LogP contribution in [-0.4, -0.2) is 43.8 Å². The molecule has 7 nitrogen and oxygen atoms in total. The van der Waals surface area contributed by atoms with E-state index in [2.05, 4.69) is 77.6 Å². The third-order valence-electron chi connectivity index (χ3n) is 7.59. The van der Waals surface area contributed by atoms with Gasteiger partial charge in [0.05, 0.1) is 5.37 Å². The third-order valence-corrected chi connectivity index (χ3v) is 18.1. The molecular weight excluding hydrogens is 471 g/mol. The number of aromatic nitrogens is 2. The molecule has 1 aromatic heterocycles. The van der Waals surface area contributed by atoms with E-state index in [1.165, 1.54) is 11.8 Å². The highest BCUT2D eigenvalue weighted by Crippen LogP contribution is 2.54. The second-order valence-corrected chi connectivity index (χ2v) is 23.2. The summed E-state index contributed by atoms with van der Waals surface area (Å²) in [5, 5.41) is -0.323. The molecular formula is C23H41N3O4SSi2. The van der Waals surface area contributed by atoms with E-state index in [4.69, 9.17) is 15.4 Å². The molecule has 0 aliphatic carbocycles. The number of thioether (sulfide) groups is 1. The summed E-state index contributed by atoms with van der Waals surface area (Å²) in [5.41, 5.74) is -0.374. The summed E-state index contributed by atoms with van der Waals surface area (Å²) in [4.78, 5) is 30.1. The minimum atomic E-state index is -2.20. The normalized spacial score (nSPS) is 24.7. The third kappa shape index (κ3) is 5.76. The summed E-state index contributed by atoms with van der Waals surface area (Å²) >= 11 is 1.43. The van der Waals surface area contributed by atoms with Gasteiger partial charge >= 0.3 is 10.6 Å². The Hall–Kier alpha value is -1.13. The molecule has 10 heteroatoms. The summed E-state index contributed by atoms with van der Waals surface area (Å²) in [7, 11) is -4.30. The molecule has 1 N–H and O–H groups in total. The molecule has 0 saturated carbocycles. The van der Waals surface area contributed by atoms with Gasteiger partial charge in [-0.3, -0.25) is 19.2 Å². The van der Waals surface area contributed by atoms with Crippen molar-refractivity contribution in [1.82, 2.24) is 9.55 Å². The Bertz CT molecular complexity index is 1030. The first-order valence-corrected chi connectivity index (χ1v) is 18.2. The fraction of sp³-hybridized carbons (Fsp3) is 0.783. The molecule has 33 heavy (non-hydrogen) atoms. The van der Waals surface area contributed by atoms with E-state index < -0.39 is 27.2 Å². The Morgan fingerprint density at radius 2 is 1.70 bits per heavy atom. The lowest BCUT2D eigenvalue weighted by Crippen LogP contribution is -2.51. The molecule has 0 bridgehead atoms. The van der Waals surface area contributed by atoms with Crippen molar-refractivity contribution in [3.63, 3.8) is 0 Å². The number of nitrogens with one attached hydrogen (secondary N) is 1. The van der Waals surface area contributed by atoms with Gasteiger partial charge in [-0.2, -0.15) is 0 Å². The van der Waals surface area contributed by atoms with Crippen LogP contribution in [0.1, 0.15) is 58.9 Å². The van der Waals surface area contributed by atoms with Gasteiger partial charge in [0.15, 0.2) is 16.6 Å². The highest BCUT2D eigenvalue weighted by Gasteiger charge is 2.60. The van der Waals surface area contributed by atoms with Crippen molar-refractivity contribution in [2.24, 2.45) is 0 Å². The van der Waals surface area contributed by atoms with Crippen molar-refractivity contribution in [3.05, 3.63) is 44.0 Å². The highest BCUT2D eigenvalue weighted by molar-refractivity contribution is 8.01. The largest absolute Gasteiger partial charge is 0.408 e. The van der Waals surface area contributed by atoms with Crippen LogP contribution < -0.4 is 11.2 Å². The Balaban J connectivity index is 2.51. The van der Waals surface area contributed by atoms with Crippen molar-refractivity contribution < 1.29 is 8.85 Å². The molecule has 1 saturated heterocycles. The Morgan fingerprint density at radius 1 is 1.15 bits per heavy atom. The molecule has 1 aliphatic heterocycles. The van der Waals surface area contributed by atoms with Gasteiger partial charge in [0.1, 0.15) is 12.7 Å². The zero-order valence-corrected chi connectivity index (χ0v) is 24.9. The summed E-state index contributed by atoms with van der Waals surface area (Å²) in [6, 6.07) is 0. The number of hydrogen-bond acceptors (Lipinski definition) is 5. The fourth-order valence-corrected chi connectivity index (χ4v) is 7.18. The van der Waals surface area contributed by atoms with Gasteiger partial charge in [-0.05, 0) is 55.0 Å². The van der Waals surface area contributed by atoms with Gasteiger partial charge in [-0.15, -0.1) is 0 Å². The molecule has 0 aromatic carbocycles. The lowest BCUT2D eigenvalue weighted by atomic mass is 10.1. The van der Waals surface area contributed by atoms with Gasteiger partial charge in [-0.25, -0.2) is 11.4 Å². The number of hydrogen-bond donors (Lipinski definition) is 1. The minimum absolute atomic E-state index is 0.0155. The van der Waals surface area contributed by atoms with E-state index in [0.29, 0.717) is 12.0 Å². The molecule has 186 valence electrons. The monoisotopic (exact) mass is 511 g/mol. The summed E-state index contributed by atoms with van der Waals surface area (Å²) in [6.07, 6.45) is 1.72. The minimum Gasteiger partial charge on any atom is -0.408 e. The number of rotatable bonds is 6. The maximum Gasteiger partial charge on any atom is 0.329 e. The van der Waals surface area contributed by atoms with Crippen molar-refractivity contribution >= 4 is 28.4 Å². The second-order valence-electron chi connectivity index (χ2n) is 12.2. The molecule has 1 aromatic rings. The zero-order chi connectivity index (χ0) is 25.6. The Morgan fingerprint density at radius 3 is 2.18 bits per heavy atom. The van der Waals surface area contributed by atoms with Crippen LogP contribution in [0.5, 0.6) is 0 Å². The smallest absolute Gasteiger partial charge is 0.329 e. The van der Waals surface area contributed by atoms with Crippen molar-refractivity contribution in [1.29, 1.82) is 0 Å². The molecule has 3 atom stereocenters. The van der Waals surface area contributed by atoms with Gasteiger partial charge < -0.3 is 8.85 Å². The summed E-state index contributed by atoms with van der Waals surface area (Å²) < 4.78 is 14.9. The van der Waals surface area contributed by atoms with E-state index in [0.717, 1.165) is 0 Å². The lowest BCUT2D eigenvalue weighted by molar-refractivity contribution is 0.118. The number of H-pyrrole nitrogens is 1. The molecule has 0 radical (unpaired) electrons. The molecule has 2 heterocycles. The number of aryl methyl sites for hydroxylation is 1. The second kappa shape index (κ2) is 9.15. The first-order valence-electron chi connectivity index (χ1n) is 11.5. The van der Waals surface area contributed by atoms with Crippen LogP contribution in [0.25, 0.3) is 4.85 Å². The average molecular weight is 512 g/mol. The predicted octanol–water partition coefficient (Wildman–Crippen LogP) is 5.51. The fourth-order valence-electron chi connectivity index (χ4n) is 3.13. The molecule has 1 aliphatic rings. The maximum absolute atomic E-state index is 12.6. The van der Waals surface area contributed by atoms with Gasteiger partial charge in [0, 0.05) is 18.2 Å². The van der Waals surface area contributed by atoms with E-state index in [1.54, 1.807) is 17.7 Å². The number of aromatic amines is 1. The number of nitrogens with zero attached hydrogens (tertiary/aromatic N) is 2. The molecule has 0 spiro atoms. The molecule has 0 amide bonds. The van der Waals surface area contributed by atoms with Crippen molar-refractivity contribution in [3.8, 4) is 0 Å². The van der Waals surface area contributed by atoms with Gasteiger partial charge in [-0.1, -0.05) is 41.5 Å². The van der Waals surface area contributed by atoms with Crippen LogP contribution in [0.15, 0.2) is 15.8 Å². The zero-order valence-electron chi connectivity index (χ0n) is 22.1. The van der Waals surface area contributed by atoms with Crippen molar-refractivity contribution in [2.45, 2.75) is 108 Å². The Labute approximate surface area is 204 Å². The van der Waals surface area contributed by atoms with Gasteiger partial charge in [0.2, 0.25) is 0 Å². The molecule has 2 rings (SSSR count). The first kappa shape index (κ1) is 28.1.